The minimum absolute atomic E-state index is 0.0559. The highest BCUT2D eigenvalue weighted by Gasteiger charge is 2.19. The summed E-state index contributed by atoms with van der Waals surface area (Å²) in [5.74, 6) is 21.3. The van der Waals surface area contributed by atoms with Crippen LogP contribution in [0.1, 0.15) is 33.4 Å². The second-order valence-corrected chi connectivity index (χ2v) is 11.7. The number of fused-ring (bicyclic) bond motifs is 1. The van der Waals surface area contributed by atoms with Crippen molar-refractivity contribution in [2.75, 3.05) is 11.5 Å². The Bertz CT molecular complexity index is 2620. The van der Waals surface area contributed by atoms with Crippen molar-refractivity contribution in [3.8, 4) is 70.0 Å². The zero-order valence-electron chi connectivity index (χ0n) is 27.7. The molecule has 248 valence electrons. The van der Waals surface area contributed by atoms with Crippen LogP contribution in [-0.2, 0) is 0 Å². The molecule has 6 nitrogen and oxygen atoms in total. The summed E-state index contributed by atoms with van der Waals surface area (Å²) >= 11 is 0. The van der Waals surface area contributed by atoms with E-state index in [0.717, 1.165) is 16.7 Å². The second kappa shape index (κ2) is 14.8. The van der Waals surface area contributed by atoms with E-state index in [0.29, 0.717) is 50.5 Å². The van der Waals surface area contributed by atoms with Gasteiger partial charge in [0.1, 0.15) is 28.7 Å². The number of benzene rings is 7. The van der Waals surface area contributed by atoms with Crippen LogP contribution in [0.4, 0.5) is 11.4 Å². The third-order valence-electron chi connectivity index (χ3n) is 7.95. The summed E-state index contributed by atoms with van der Waals surface area (Å²) in [6.45, 7) is 0. The fourth-order valence-corrected chi connectivity index (χ4v) is 5.38. The molecule has 0 aliphatic carbocycles. The first kappa shape index (κ1) is 32.8. The van der Waals surface area contributed by atoms with Gasteiger partial charge in [0.05, 0.1) is 16.9 Å². The molecule has 52 heavy (non-hydrogen) atoms. The van der Waals surface area contributed by atoms with E-state index < -0.39 is 0 Å². The van der Waals surface area contributed by atoms with Crippen molar-refractivity contribution in [3.63, 3.8) is 0 Å². The Morgan fingerprint density at radius 2 is 0.885 bits per heavy atom. The fourth-order valence-electron chi connectivity index (χ4n) is 5.38. The summed E-state index contributed by atoms with van der Waals surface area (Å²) < 4.78 is 13.2. The Kier molecular flexibility index (Phi) is 9.34. The molecule has 6 heteroatoms. The van der Waals surface area contributed by atoms with E-state index in [2.05, 4.69) is 35.5 Å². The van der Waals surface area contributed by atoms with Crippen LogP contribution in [0.2, 0.25) is 0 Å². The van der Waals surface area contributed by atoms with Crippen molar-refractivity contribution in [1.29, 1.82) is 0 Å². The Balaban J connectivity index is 1.54. The molecule has 0 aliphatic heterocycles. The maximum atomic E-state index is 10.2. The second-order valence-electron chi connectivity index (χ2n) is 11.7. The highest BCUT2D eigenvalue weighted by atomic mass is 16.5. The van der Waals surface area contributed by atoms with E-state index in [1.807, 2.05) is 109 Å². The smallest absolute Gasteiger partial charge is 0.151 e. The minimum Gasteiger partial charge on any atom is -0.506 e. The van der Waals surface area contributed by atoms with Crippen molar-refractivity contribution in [2.45, 2.75) is 0 Å². The molecule has 0 radical (unpaired) electrons. The topological polar surface area (TPSA) is 111 Å². The monoisotopic (exact) mass is 674 g/mol. The van der Waals surface area contributed by atoms with Gasteiger partial charge in [-0.05, 0) is 78.9 Å². The Morgan fingerprint density at radius 1 is 0.423 bits per heavy atom. The molecule has 0 unspecified atom stereocenters. The lowest BCUT2D eigenvalue weighted by molar-refractivity contribution is 0.466. The Labute approximate surface area is 301 Å². The van der Waals surface area contributed by atoms with Gasteiger partial charge in [-0.3, -0.25) is 0 Å². The molecular formula is C46H30N2O4. The normalized spacial score (nSPS) is 10.2. The number of nitrogen functional groups attached to an aromatic ring is 2. The van der Waals surface area contributed by atoms with Crippen LogP contribution in [0.5, 0.6) is 34.5 Å². The van der Waals surface area contributed by atoms with Crippen molar-refractivity contribution < 1.29 is 19.7 Å². The fraction of sp³-hybridized carbons (Fsp3) is 0. The molecule has 7 aromatic rings. The molecule has 0 spiro atoms. The number of hydrogen-bond acceptors (Lipinski definition) is 6. The Morgan fingerprint density at radius 3 is 1.40 bits per heavy atom. The first-order chi connectivity index (χ1) is 25.4. The average Bonchev–Trinajstić information content (AvgIpc) is 3.17. The molecule has 0 heterocycles. The number of nitrogens with two attached hydrogens (primary N) is 2. The van der Waals surface area contributed by atoms with E-state index in [1.165, 1.54) is 12.1 Å². The molecule has 0 aromatic heterocycles. The van der Waals surface area contributed by atoms with Crippen LogP contribution in [0.3, 0.4) is 0 Å². The highest BCUT2D eigenvalue weighted by molar-refractivity contribution is 6.01. The molecule has 0 amide bonds. The summed E-state index contributed by atoms with van der Waals surface area (Å²) in [6.07, 6.45) is 0. The third-order valence-corrected chi connectivity index (χ3v) is 7.95. The quantitative estimate of drug-likeness (QED) is 0.0842. The maximum absolute atomic E-state index is 10.2. The van der Waals surface area contributed by atoms with Crippen LogP contribution >= 0.6 is 0 Å². The first-order valence-corrected chi connectivity index (χ1v) is 16.3. The van der Waals surface area contributed by atoms with E-state index in [4.69, 9.17) is 20.9 Å². The summed E-state index contributed by atoms with van der Waals surface area (Å²) in [5.41, 5.74) is 16.8. The van der Waals surface area contributed by atoms with Gasteiger partial charge in [0.15, 0.2) is 5.75 Å². The largest absolute Gasteiger partial charge is 0.506 e. The number of phenolic OH excluding ortho intramolecular Hbond substituents is 2. The van der Waals surface area contributed by atoms with Crippen LogP contribution in [0, 0.1) is 35.5 Å². The summed E-state index contributed by atoms with van der Waals surface area (Å²) in [7, 11) is 0. The molecule has 7 aromatic carbocycles. The molecule has 0 saturated carbocycles. The molecule has 6 N–H and O–H groups in total. The van der Waals surface area contributed by atoms with Crippen molar-refractivity contribution >= 4 is 22.1 Å². The average molecular weight is 675 g/mol. The predicted octanol–water partition coefficient (Wildman–Crippen LogP) is 9.20. The zero-order chi connectivity index (χ0) is 35.9. The van der Waals surface area contributed by atoms with Gasteiger partial charge in [-0.25, -0.2) is 0 Å². The third kappa shape index (κ3) is 7.61. The van der Waals surface area contributed by atoms with Crippen molar-refractivity contribution in [1.82, 2.24) is 0 Å². The molecule has 0 saturated heterocycles. The maximum Gasteiger partial charge on any atom is 0.151 e. The van der Waals surface area contributed by atoms with Gasteiger partial charge in [-0.15, -0.1) is 0 Å². The number of hydrogen-bond donors (Lipinski definition) is 4. The van der Waals surface area contributed by atoms with Gasteiger partial charge in [0.25, 0.3) is 0 Å². The van der Waals surface area contributed by atoms with E-state index in [1.54, 1.807) is 24.3 Å². The summed E-state index contributed by atoms with van der Waals surface area (Å²) in [4.78, 5) is 0. The molecule has 0 bridgehead atoms. The van der Waals surface area contributed by atoms with E-state index >= 15 is 0 Å². The van der Waals surface area contributed by atoms with E-state index in [-0.39, 0.29) is 22.9 Å². The van der Waals surface area contributed by atoms with Gasteiger partial charge in [-0.1, -0.05) is 90.1 Å². The molecule has 0 atom stereocenters. The standard InChI is InChI=1S/C46H30N2O4/c47-40-29-37(22-24-42(40)49)51-44-27-34(17-16-31-10-4-1-5-11-31)26-39-45(44)35(20-18-32-12-6-2-7-13-32)28-36(21-19-33-14-8-3-9-15-33)46(39)52-38-23-25-43(50)41(48)30-38/h1-15,22-30,49-50H,47-48H2. The van der Waals surface area contributed by atoms with E-state index in [9.17, 15) is 10.2 Å². The molecular weight excluding hydrogens is 645 g/mol. The van der Waals surface area contributed by atoms with Gasteiger partial charge in [-0.2, -0.15) is 0 Å². The highest BCUT2D eigenvalue weighted by Crippen LogP contribution is 2.43. The molecule has 0 aliphatic rings. The Hall–Kier alpha value is -7.72. The summed E-state index contributed by atoms with van der Waals surface area (Å²) in [5, 5.41) is 21.5. The van der Waals surface area contributed by atoms with Crippen molar-refractivity contribution in [2.24, 2.45) is 0 Å². The first-order valence-electron chi connectivity index (χ1n) is 16.3. The van der Waals surface area contributed by atoms with Gasteiger partial charge in [0.2, 0.25) is 0 Å². The number of aromatic hydroxyl groups is 2. The number of anilines is 2. The molecule has 7 rings (SSSR count). The number of ether oxygens (including phenoxy) is 2. The van der Waals surface area contributed by atoms with Crippen LogP contribution in [-0.4, -0.2) is 10.2 Å². The minimum atomic E-state index is -0.0600. The van der Waals surface area contributed by atoms with Crippen LogP contribution < -0.4 is 20.9 Å². The number of phenols is 2. The van der Waals surface area contributed by atoms with Crippen LogP contribution in [0.25, 0.3) is 10.8 Å². The summed E-state index contributed by atoms with van der Waals surface area (Å²) in [6, 6.07) is 43.9. The van der Waals surface area contributed by atoms with Crippen LogP contribution in [0.15, 0.2) is 146 Å². The molecule has 0 fully saturated rings. The zero-order valence-corrected chi connectivity index (χ0v) is 27.7. The lowest BCUT2D eigenvalue weighted by atomic mass is 9.96. The van der Waals surface area contributed by atoms with Gasteiger partial charge < -0.3 is 31.2 Å². The lowest BCUT2D eigenvalue weighted by Gasteiger charge is -2.17. The van der Waals surface area contributed by atoms with Gasteiger partial charge >= 0.3 is 0 Å². The lowest BCUT2D eigenvalue weighted by Crippen LogP contribution is -1.98. The number of rotatable bonds is 4. The van der Waals surface area contributed by atoms with Gasteiger partial charge in [0, 0.05) is 50.7 Å². The van der Waals surface area contributed by atoms with Crippen molar-refractivity contribution in [3.05, 3.63) is 179 Å². The predicted molar refractivity (Wildman–Crippen MR) is 206 cm³/mol. The SMILES string of the molecule is Nc1cc(Oc2c(C#Cc3ccccc3)cc(C#Cc3ccccc3)c3c(Oc4ccc(O)c(N)c4)cc(C#Cc4ccccc4)cc23)ccc1O.